The minimum absolute atomic E-state index is 0.0427. The molecule has 2 aromatic heterocycles. The summed E-state index contributed by atoms with van der Waals surface area (Å²) < 4.78 is 0. The Morgan fingerprint density at radius 2 is 1.76 bits per heavy atom. The van der Waals surface area contributed by atoms with E-state index in [4.69, 9.17) is 23.1 Å². The van der Waals surface area contributed by atoms with Gasteiger partial charge in [-0.15, -0.1) is 0 Å². The van der Waals surface area contributed by atoms with Gasteiger partial charge in [0.1, 0.15) is 17.1 Å². The van der Waals surface area contributed by atoms with Crippen molar-refractivity contribution in [1.82, 2.24) is 30.8 Å². The van der Waals surface area contributed by atoms with E-state index in [1.165, 1.54) is 16.7 Å². The number of nitriles is 1. The number of likely N-dealkylation sites (N-methyl/N-ethyl adjacent to an activating group) is 1. The van der Waals surface area contributed by atoms with Crippen LogP contribution in [0.2, 0.25) is 5.02 Å². The number of amides is 3. The third kappa shape index (κ3) is 9.46. The molecule has 4 aromatic rings. The number of rotatable bonds is 9. The summed E-state index contributed by atoms with van der Waals surface area (Å²) in [6, 6.07) is 14.4. The molecule has 3 amide bonds. The third-order valence-electron chi connectivity index (χ3n) is 9.07. The monoisotopic (exact) mass is 729 g/mol. The van der Waals surface area contributed by atoms with Crippen molar-refractivity contribution in [1.29, 1.82) is 5.26 Å². The third-order valence-corrected chi connectivity index (χ3v) is 10.7. The summed E-state index contributed by atoms with van der Waals surface area (Å²) in [5.41, 5.74) is 15.2. The molecule has 12 nitrogen and oxygen atoms in total. The van der Waals surface area contributed by atoms with E-state index in [0.29, 0.717) is 77.8 Å². The van der Waals surface area contributed by atoms with Crippen LogP contribution >= 0.6 is 23.4 Å². The van der Waals surface area contributed by atoms with Gasteiger partial charge in [-0.3, -0.25) is 14.4 Å². The second kappa shape index (κ2) is 18.2. The largest absolute Gasteiger partial charge is 0.361 e. The lowest BCUT2D eigenvalue weighted by Gasteiger charge is -2.32. The SMILES string of the molecule is CN1C(=O)C(CCCCN)NC(=O)C(CCCN)NCc2cccnc2Sc2c(Cl)cc(C#N)cc2CNC(=O)C1Cc1c[nH]c2ccccc12. The number of para-hydroxylation sites is 1. The number of fused-ring (bicyclic) bond motifs is 3. The molecule has 1 aliphatic heterocycles. The number of carbonyl (C=O) groups excluding carboxylic acids is 3. The number of halogens is 1. The van der Waals surface area contributed by atoms with Gasteiger partial charge < -0.3 is 37.3 Å². The van der Waals surface area contributed by atoms with E-state index >= 15 is 0 Å². The number of hydrogen-bond acceptors (Lipinski definition) is 9. The van der Waals surface area contributed by atoms with E-state index in [-0.39, 0.29) is 24.8 Å². The Morgan fingerprint density at radius 1 is 0.980 bits per heavy atom. The number of H-pyrrole nitrogens is 1. The van der Waals surface area contributed by atoms with Crippen molar-refractivity contribution in [2.45, 2.75) is 79.7 Å². The smallest absolute Gasteiger partial charge is 0.245 e. The van der Waals surface area contributed by atoms with E-state index in [2.05, 4.69) is 32.0 Å². The van der Waals surface area contributed by atoms with Crippen molar-refractivity contribution >= 4 is 52.0 Å². The minimum atomic E-state index is -0.944. The average Bonchev–Trinajstić information content (AvgIpc) is 3.55. The highest BCUT2D eigenvalue weighted by molar-refractivity contribution is 7.99. The van der Waals surface area contributed by atoms with Gasteiger partial charge in [-0.25, -0.2) is 4.98 Å². The van der Waals surface area contributed by atoms with Gasteiger partial charge >= 0.3 is 0 Å². The van der Waals surface area contributed by atoms with Crippen LogP contribution < -0.4 is 27.4 Å². The van der Waals surface area contributed by atoms with Gasteiger partial charge in [0.05, 0.1) is 22.7 Å². The molecule has 0 fully saturated rings. The summed E-state index contributed by atoms with van der Waals surface area (Å²) in [7, 11) is 1.60. The summed E-state index contributed by atoms with van der Waals surface area (Å²) in [5.74, 6) is -1.12. The van der Waals surface area contributed by atoms with E-state index in [0.717, 1.165) is 22.0 Å². The van der Waals surface area contributed by atoms with E-state index in [1.807, 2.05) is 42.6 Å². The number of nitrogens with two attached hydrogens (primary N) is 2. The fourth-order valence-electron chi connectivity index (χ4n) is 6.23. The molecule has 3 heterocycles. The van der Waals surface area contributed by atoms with Crippen molar-refractivity contribution in [2.24, 2.45) is 11.5 Å². The number of hydrogen-bond donors (Lipinski definition) is 6. The second-order valence-electron chi connectivity index (χ2n) is 12.6. The van der Waals surface area contributed by atoms with Crippen LogP contribution in [0.25, 0.3) is 10.9 Å². The van der Waals surface area contributed by atoms with Crippen LogP contribution in [0.1, 0.15) is 54.4 Å². The second-order valence-corrected chi connectivity index (χ2v) is 14.0. The van der Waals surface area contributed by atoms with Gasteiger partial charge in [-0.2, -0.15) is 5.26 Å². The van der Waals surface area contributed by atoms with Gasteiger partial charge in [-0.05, 0) is 86.1 Å². The normalized spacial score (nSPS) is 19.1. The molecule has 0 saturated carbocycles. The topological polar surface area (TPSA) is 195 Å². The zero-order valence-corrected chi connectivity index (χ0v) is 30.2. The number of carbonyl (C=O) groups is 3. The number of nitrogens with one attached hydrogen (secondary N) is 4. The Morgan fingerprint density at radius 3 is 2.55 bits per heavy atom. The van der Waals surface area contributed by atoms with Crippen LogP contribution in [0.5, 0.6) is 0 Å². The fourth-order valence-corrected chi connectivity index (χ4v) is 7.58. The number of unbranched alkanes of at least 4 members (excludes halogenated alkanes) is 1. The highest BCUT2D eigenvalue weighted by Crippen LogP contribution is 2.38. The molecule has 5 rings (SSSR count). The Kier molecular flexibility index (Phi) is 13.5. The zero-order chi connectivity index (χ0) is 36.3. The number of pyridine rings is 1. The molecule has 14 heteroatoms. The van der Waals surface area contributed by atoms with E-state index < -0.39 is 24.0 Å². The number of benzene rings is 2. The molecule has 1 aliphatic rings. The maximum atomic E-state index is 14.4. The first-order valence-corrected chi connectivity index (χ1v) is 18.3. The van der Waals surface area contributed by atoms with Crippen LogP contribution in [0, 0.1) is 11.3 Å². The molecular weight excluding hydrogens is 686 g/mol. The lowest BCUT2D eigenvalue weighted by Crippen LogP contribution is -2.57. The highest BCUT2D eigenvalue weighted by atomic mass is 35.5. The van der Waals surface area contributed by atoms with Crippen LogP contribution in [0.4, 0.5) is 0 Å². The summed E-state index contributed by atoms with van der Waals surface area (Å²) in [4.78, 5) is 52.5. The lowest BCUT2D eigenvalue weighted by atomic mass is 10.0. The molecular formula is C37H44ClN9O3S. The predicted octanol–water partition coefficient (Wildman–Crippen LogP) is 3.75. The lowest BCUT2D eigenvalue weighted by molar-refractivity contribution is -0.142. The quantitative estimate of drug-likeness (QED) is 0.139. The van der Waals surface area contributed by atoms with Gasteiger partial charge in [-0.1, -0.05) is 47.6 Å². The molecule has 51 heavy (non-hydrogen) atoms. The summed E-state index contributed by atoms with van der Waals surface area (Å²) >= 11 is 8.10. The molecule has 0 radical (unpaired) electrons. The number of aromatic amines is 1. The van der Waals surface area contributed by atoms with Crippen LogP contribution in [0.15, 0.2) is 70.8 Å². The molecule has 3 atom stereocenters. The molecule has 0 bridgehead atoms. The van der Waals surface area contributed by atoms with Gasteiger partial charge in [0.15, 0.2) is 0 Å². The molecule has 0 saturated heterocycles. The first-order valence-electron chi connectivity index (χ1n) is 17.1. The highest BCUT2D eigenvalue weighted by Gasteiger charge is 2.34. The number of aromatic nitrogens is 2. The Balaban J connectivity index is 1.59. The molecule has 268 valence electrons. The Hall–Kier alpha value is -4.45. The Bertz CT molecular complexity index is 1890. The van der Waals surface area contributed by atoms with Crippen LogP contribution in [0.3, 0.4) is 0 Å². The first kappa shape index (κ1) is 37.8. The summed E-state index contributed by atoms with van der Waals surface area (Å²) in [6.07, 6.45) is 6.40. The molecule has 3 unspecified atom stereocenters. The summed E-state index contributed by atoms with van der Waals surface area (Å²) in [5, 5.41) is 21.1. The number of nitrogens with zero attached hydrogens (tertiary/aromatic N) is 3. The van der Waals surface area contributed by atoms with Gasteiger partial charge in [0, 0.05) is 54.8 Å². The van der Waals surface area contributed by atoms with Crippen molar-refractivity contribution in [3.05, 3.63) is 88.2 Å². The first-order chi connectivity index (χ1) is 24.7. The molecule has 8 N–H and O–H groups in total. The predicted molar refractivity (Wildman–Crippen MR) is 199 cm³/mol. The fraction of sp³-hybridized carbons (Fsp3) is 0.378. The van der Waals surface area contributed by atoms with E-state index in [1.54, 1.807) is 25.4 Å². The zero-order valence-electron chi connectivity index (χ0n) is 28.6. The minimum Gasteiger partial charge on any atom is -0.361 e. The van der Waals surface area contributed by atoms with Crippen molar-refractivity contribution in [2.75, 3.05) is 20.1 Å². The average molecular weight is 730 g/mol. The van der Waals surface area contributed by atoms with E-state index in [9.17, 15) is 19.6 Å². The molecule has 2 aromatic carbocycles. The maximum Gasteiger partial charge on any atom is 0.245 e. The van der Waals surface area contributed by atoms with Crippen LogP contribution in [-0.2, 0) is 33.9 Å². The van der Waals surface area contributed by atoms with Crippen molar-refractivity contribution < 1.29 is 14.4 Å². The van der Waals surface area contributed by atoms with Crippen molar-refractivity contribution in [3.63, 3.8) is 0 Å². The van der Waals surface area contributed by atoms with Gasteiger partial charge in [0.25, 0.3) is 0 Å². The van der Waals surface area contributed by atoms with Crippen molar-refractivity contribution in [3.8, 4) is 6.07 Å². The molecule has 0 aliphatic carbocycles. The maximum absolute atomic E-state index is 14.4. The standard InChI is InChI=1S/C37H44ClN9O3S/c1-47-32(18-25-21-43-29-10-3-2-9-27(25)29)35(49)45-22-26-16-23(19-41)17-28(38)33(26)51-36-24(8-7-15-42-36)20-44-30(12-6-14-40)34(48)46-31(37(47)50)11-4-5-13-39/h2-3,7-10,15-17,21,30-32,43-44H,4-6,11-14,18,20,22,39-40H2,1H3,(H,45,49)(H,46,48). The Labute approximate surface area is 307 Å². The molecule has 0 spiro atoms. The summed E-state index contributed by atoms with van der Waals surface area (Å²) in [6.45, 7) is 1.19. The van der Waals surface area contributed by atoms with Crippen LogP contribution in [-0.4, -0.2) is 70.9 Å². The van der Waals surface area contributed by atoms with Gasteiger partial charge in [0.2, 0.25) is 17.7 Å².